The van der Waals surface area contributed by atoms with Crippen LogP contribution < -0.4 is 5.56 Å². The summed E-state index contributed by atoms with van der Waals surface area (Å²) in [5.41, 5.74) is 1.44. The molecule has 2 heterocycles. The number of halogens is 1. The summed E-state index contributed by atoms with van der Waals surface area (Å²) in [7, 11) is 0. The van der Waals surface area contributed by atoms with Crippen LogP contribution in [0, 0.1) is 0 Å². The molecule has 4 aromatic rings. The topological polar surface area (TPSA) is 34.9 Å². The van der Waals surface area contributed by atoms with E-state index in [1.807, 2.05) is 78.9 Å². The number of aromatic nitrogens is 2. The van der Waals surface area contributed by atoms with E-state index < -0.39 is 0 Å². The Balaban J connectivity index is 1.95. The highest BCUT2D eigenvalue weighted by Gasteiger charge is 2.10. The van der Waals surface area contributed by atoms with Crippen molar-refractivity contribution in [1.29, 1.82) is 0 Å². The highest BCUT2D eigenvalue weighted by atomic mass is 79.9. The van der Waals surface area contributed by atoms with Crippen molar-refractivity contribution in [1.82, 2.24) is 9.55 Å². The maximum atomic E-state index is 13.0. The van der Waals surface area contributed by atoms with E-state index >= 15 is 0 Å². The van der Waals surface area contributed by atoms with Gasteiger partial charge in [-0.15, -0.1) is 11.3 Å². The zero-order chi connectivity index (χ0) is 17.2. The smallest absolute Gasteiger partial charge is 0.266 e. The van der Waals surface area contributed by atoms with Crippen LogP contribution in [0.5, 0.6) is 0 Å². The van der Waals surface area contributed by atoms with E-state index in [0.29, 0.717) is 16.7 Å². The molecule has 0 aliphatic heterocycles. The van der Waals surface area contributed by atoms with Crippen molar-refractivity contribution in [3.63, 3.8) is 0 Å². The monoisotopic (exact) mass is 408 g/mol. The van der Waals surface area contributed by atoms with Crippen molar-refractivity contribution in [2.45, 2.75) is 0 Å². The van der Waals surface area contributed by atoms with Gasteiger partial charge >= 0.3 is 0 Å². The van der Waals surface area contributed by atoms with Crippen LogP contribution in [0.1, 0.15) is 10.7 Å². The third-order valence-electron chi connectivity index (χ3n) is 3.81. The summed E-state index contributed by atoms with van der Waals surface area (Å²) in [5, 5.41) is 0.613. The normalized spacial score (nSPS) is 11.4. The van der Waals surface area contributed by atoms with Gasteiger partial charge in [-0.05, 0) is 64.5 Å². The van der Waals surface area contributed by atoms with Gasteiger partial charge in [-0.25, -0.2) is 4.98 Å². The third-order valence-corrected chi connectivity index (χ3v) is 5.40. The minimum Gasteiger partial charge on any atom is -0.268 e. The van der Waals surface area contributed by atoms with Crippen molar-refractivity contribution in [3.8, 4) is 5.69 Å². The third kappa shape index (κ3) is 3.21. The fourth-order valence-electron chi connectivity index (χ4n) is 2.66. The fraction of sp³-hybridized carbons (Fsp3) is 0. The van der Waals surface area contributed by atoms with Gasteiger partial charge in [0.25, 0.3) is 5.56 Å². The van der Waals surface area contributed by atoms with Gasteiger partial charge in [0.1, 0.15) is 5.82 Å². The molecule has 0 N–H and O–H groups in total. The van der Waals surface area contributed by atoms with Gasteiger partial charge < -0.3 is 0 Å². The quantitative estimate of drug-likeness (QED) is 0.455. The number of benzene rings is 2. The minimum atomic E-state index is -0.0659. The molecule has 0 saturated heterocycles. The minimum absolute atomic E-state index is 0.0659. The van der Waals surface area contributed by atoms with Crippen molar-refractivity contribution in [3.05, 3.63) is 91.6 Å². The largest absolute Gasteiger partial charge is 0.268 e. The maximum absolute atomic E-state index is 13.0. The molecule has 0 unspecified atom stereocenters. The van der Waals surface area contributed by atoms with Gasteiger partial charge in [0.2, 0.25) is 0 Å². The molecule has 3 nitrogen and oxygen atoms in total. The average molecular weight is 409 g/mol. The molecule has 25 heavy (non-hydrogen) atoms. The zero-order valence-corrected chi connectivity index (χ0v) is 15.5. The van der Waals surface area contributed by atoms with E-state index in [4.69, 9.17) is 4.98 Å². The lowest BCUT2D eigenvalue weighted by atomic mass is 10.2. The lowest BCUT2D eigenvalue weighted by Gasteiger charge is -2.11. The number of nitrogens with zero attached hydrogens (tertiary/aromatic N) is 2. The first-order valence-corrected chi connectivity index (χ1v) is 9.34. The van der Waals surface area contributed by atoms with Gasteiger partial charge in [0, 0.05) is 4.88 Å². The Morgan fingerprint density at radius 1 is 0.920 bits per heavy atom. The summed E-state index contributed by atoms with van der Waals surface area (Å²) in [6, 6.07) is 21.1. The molecule has 2 aromatic heterocycles. The number of hydrogen-bond acceptors (Lipinski definition) is 3. The molecule has 0 fully saturated rings. The molecule has 0 aliphatic carbocycles. The molecule has 0 amide bonds. The van der Waals surface area contributed by atoms with Crippen LogP contribution in [-0.4, -0.2) is 9.55 Å². The Hall–Kier alpha value is -2.50. The summed E-state index contributed by atoms with van der Waals surface area (Å²) in [6.07, 6.45) is 3.87. The average Bonchev–Trinajstić information content (AvgIpc) is 3.06. The Bertz CT molecular complexity index is 1130. The molecular formula is C20H13BrN2OS. The molecule has 4 rings (SSSR count). The van der Waals surface area contributed by atoms with E-state index in [1.54, 1.807) is 15.9 Å². The number of rotatable bonds is 3. The Morgan fingerprint density at radius 2 is 1.68 bits per heavy atom. The van der Waals surface area contributed by atoms with Crippen LogP contribution >= 0.6 is 27.3 Å². The van der Waals surface area contributed by atoms with Crippen LogP contribution in [0.3, 0.4) is 0 Å². The molecule has 0 atom stereocenters. The lowest BCUT2D eigenvalue weighted by Crippen LogP contribution is -2.22. The second-order valence-electron chi connectivity index (χ2n) is 5.44. The van der Waals surface area contributed by atoms with Crippen molar-refractivity contribution >= 4 is 50.3 Å². The first kappa shape index (κ1) is 16.0. The van der Waals surface area contributed by atoms with E-state index in [0.717, 1.165) is 14.4 Å². The van der Waals surface area contributed by atoms with Gasteiger partial charge in [0.05, 0.1) is 20.4 Å². The van der Waals surface area contributed by atoms with E-state index in [1.165, 1.54) is 0 Å². The van der Waals surface area contributed by atoms with E-state index in [2.05, 4.69) is 15.9 Å². The highest BCUT2D eigenvalue weighted by molar-refractivity contribution is 9.11. The van der Waals surface area contributed by atoms with E-state index in [9.17, 15) is 4.79 Å². The van der Waals surface area contributed by atoms with Crippen molar-refractivity contribution < 1.29 is 0 Å². The van der Waals surface area contributed by atoms with Gasteiger partial charge in [-0.3, -0.25) is 9.36 Å². The van der Waals surface area contributed by atoms with Gasteiger partial charge in [-0.1, -0.05) is 30.3 Å². The van der Waals surface area contributed by atoms with Crippen LogP contribution in [0.2, 0.25) is 0 Å². The fourth-order valence-corrected chi connectivity index (χ4v) is 3.99. The van der Waals surface area contributed by atoms with Crippen LogP contribution in [-0.2, 0) is 0 Å². The molecule has 0 spiro atoms. The number of thiophene rings is 1. The van der Waals surface area contributed by atoms with Gasteiger partial charge in [0.15, 0.2) is 0 Å². The van der Waals surface area contributed by atoms with Gasteiger partial charge in [-0.2, -0.15) is 0 Å². The first-order valence-electron chi connectivity index (χ1n) is 7.73. The molecule has 0 aliphatic rings. The highest BCUT2D eigenvalue weighted by Crippen LogP contribution is 2.24. The second kappa shape index (κ2) is 6.78. The maximum Gasteiger partial charge on any atom is 0.266 e. The summed E-state index contributed by atoms with van der Waals surface area (Å²) in [5.74, 6) is 0.611. The van der Waals surface area contributed by atoms with Crippen LogP contribution in [0.4, 0.5) is 0 Å². The summed E-state index contributed by atoms with van der Waals surface area (Å²) < 4.78 is 2.72. The molecule has 5 heteroatoms. The molecular weight excluding hydrogens is 396 g/mol. The van der Waals surface area contributed by atoms with E-state index in [-0.39, 0.29) is 5.56 Å². The van der Waals surface area contributed by atoms with Crippen molar-refractivity contribution in [2.24, 2.45) is 0 Å². The first-order chi connectivity index (χ1) is 12.2. The zero-order valence-electron chi connectivity index (χ0n) is 13.1. The molecule has 0 bridgehead atoms. The Morgan fingerprint density at radius 3 is 2.44 bits per heavy atom. The van der Waals surface area contributed by atoms with Crippen LogP contribution in [0.15, 0.2) is 75.3 Å². The summed E-state index contributed by atoms with van der Waals surface area (Å²) in [4.78, 5) is 18.8. The Kier molecular flexibility index (Phi) is 4.34. The standard InChI is InChI=1S/C20H13BrN2OS/c21-18-12-10-15(25-18)11-13-19-22-17-9-5-4-8-16(17)20(24)23(19)14-6-2-1-3-7-14/h1-13H/b13-11+. The molecule has 122 valence electrons. The number of para-hydroxylation sites is 2. The number of hydrogen-bond donors (Lipinski definition) is 0. The Labute approximate surface area is 157 Å². The number of fused-ring (bicyclic) bond motifs is 1. The SMILES string of the molecule is O=c1c2ccccc2nc(/C=C/c2ccc(Br)s2)n1-c1ccccc1. The van der Waals surface area contributed by atoms with Crippen LogP contribution in [0.25, 0.3) is 28.7 Å². The second-order valence-corrected chi connectivity index (χ2v) is 7.93. The lowest BCUT2D eigenvalue weighted by molar-refractivity contribution is 0.944. The van der Waals surface area contributed by atoms with Crippen molar-refractivity contribution in [2.75, 3.05) is 0 Å². The summed E-state index contributed by atoms with van der Waals surface area (Å²) in [6.45, 7) is 0. The predicted molar refractivity (Wildman–Crippen MR) is 108 cm³/mol. The summed E-state index contributed by atoms with van der Waals surface area (Å²) >= 11 is 5.10. The predicted octanol–water partition coefficient (Wildman–Crippen LogP) is 5.38. The molecule has 0 saturated carbocycles. The molecule has 0 radical (unpaired) electrons. The molecule has 2 aromatic carbocycles.